The van der Waals surface area contributed by atoms with E-state index in [1.54, 1.807) is 0 Å². The molecule has 0 bridgehead atoms. The first-order valence-corrected chi connectivity index (χ1v) is 6.67. The van der Waals surface area contributed by atoms with Gasteiger partial charge in [-0.2, -0.15) is 0 Å². The zero-order chi connectivity index (χ0) is 12.3. The molecule has 0 amide bonds. The van der Waals surface area contributed by atoms with E-state index < -0.39 is 0 Å². The molecule has 2 fully saturated rings. The van der Waals surface area contributed by atoms with Crippen molar-refractivity contribution in [1.82, 2.24) is 9.55 Å². The first kappa shape index (κ1) is 10.4. The molecule has 0 unspecified atom stereocenters. The van der Waals surface area contributed by atoms with Crippen LogP contribution in [-0.4, -0.2) is 9.55 Å². The standard InChI is InChI=1S/C14H16FN3/c15-10-5-6-12-11(7-10)17-14(16)18(12)13(8-1-2-8)9-3-4-9/h5-9,13H,1-4H2,(H2,16,17). The number of imidazole rings is 1. The van der Waals surface area contributed by atoms with Crippen molar-refractivity contribution in [2.24, 2.45) is 11.8 Å². The Morgan fingerprint density at radius 3 is 2.50 bits per heavy atom. The highest BCUT2D eigenvalue weighted by molar-refractivity contribution is 5.78. The number of halogens is 1. The molecule has 94 valence electrons. The Morgan fingerprint density at radius 2 is 1.89 bits per heavy atom. The molecule has 0 spiro atoms. The molecule has 18 heavy (non-hydrogen) atoms. The highest BCUT2D eigenvalue weighted by Gasteiger charge is 2.43. The van der Waals surface area contributed by atoms with Gasteiger partial charge in [0.05, 0.1) is 11.0 Å². The van der Waals surface area contributed by atoms with Crippen molar-refractivity contribution >= 4 is 17.0 Å². The average molecular weight is 245 g/mol. The summed E-state index contributed by atoms with van der Waals surface area (Å²) in [4.78, 5) is 4.32. The highest BCUT2D eigenvalue weighted by Crippen LogP contribution is 2.53. The van der Waals surface area contributed by atoms with Crippen molar-refractivity contribution in [3.8, 4) is 0 Å². The van der Waals surface area contributed by atoms with Gasteiger partial charge in [-0.05, 0) is 49.7 Å². The third-order valence-electron chi connectivity index (χ3n) is 4.19. The molecular formula is C14H16FN3. The number of nitrogen functional groups attached to an aromatic ring is 1. The van der Waals surface area contributed by atoms with Crippen LogP contribution in [0.4, 0.5) is 10.3 Å². The number of anilines is 1. The lowest BCUT2D eigenvalue weighted by molar-refractivity contribution is 0.409. The SMILES string of the molecule is Nc1nc2cc(F)ccc2n1C(C1CC1)C1CC1. The van der Waals surface area contributed by atoms with Crippen LogP contribution in [0.25, 0.3) is 11.0 Å². The van der Waals surface area contributed by atoms with Crippen LogP contribution in [0.1, 0.15) is 31.7 Å². The van der Waals surface area contributed by atoms with E-state index in [1.165, 1.54) is 37.8 Å². The Bertz CT molecular complexity index is 599. The topological polar surface area (TPSA) is 43.8 Å². The van der Waals surface area contributed by atoms with Gasteiger partial charge < -0.3 is 10.3 Å². The van der Waals surface area contributed by atoms with E-state index in [-0.39, 0.29) is 5.82 Å². The van der Waals surface area contributed by atoms with Crippen molar-refractivity contribution in [3.63, 3.8) is 0 Å². The molecule has 3 nitrogen and oxygen atoms in total. The fraction of sp³-hybridized carbons (Fsp3) is 0.500. The van der Waals surface area contributed by atoms with Gasteiger partial charge in [0, 0.05) is 12.1 Å². The normalized spacial score (nSPS) is 19.9. The number of nitrogens with two attached hydrogens (primary N) is 1. The molecule has 0 aliphatic heterocycles. The van der Waals surface area contributed by atoms with Crippen LogP contribution in [0.3, 0.4) is 0 Å². The van der Waals surface area contributed by atoms with Crippen LogP contribution >= 0.6 is 0 Å². The van der Waals surface area contributed by atoms with Gasteiger partial charge in [-0.1, -0.05) is 0 Å². The van der Waals surface area contributed by atoms with E-state index in [0.29, 0.717) is 17.5 Å². The second-order valence-corrected chi connectivity index (χ2v) is 5.64. The molecule has 2 aliphatic carbocycles. The summed E-state index contributed by atoms with van der Waals surface area (Å²) in [7, 11) is 0. The van der Waals surface area contributed by atoms with Crippen LogP contribution in [0, 0.1) is 17.7 Å². The molecule has 4 rings (SSSR count). The van der Waals surface area contributed by atoms with E-state index in [0.717, 1.165) is 17.4 Å². The van der Waals surface area contributed by atoms with Crippen molar-refractivity contribution < 1.29 is 4.39 Å². The van der Waals surface area contributed by atoms with Gasteiger partial charge in [0.15, 0.2) is 0 Å². The maximum Gasteiger partial charge on any atom is 0.201 e. The highest BCUT2D eigenvalue weighted by atomic mass is 19.1. The Kier molecular flexibility index (Phi) is 1.99. The fourth-order valence-corrected chi connectivity index (χ4v) is 3.09. The predicted molar refractivity (Wildman–Crippen MR) is 68.6 cm³/mol. The van der Waals surface area contributed by atoms with Gasteiger partial charge in [0.1, 0.15) is 5.82 Å². The summed E-state index contributed by atoms with van der Waals surface area (Å²) < 4.78 is 15.4. The fourth-order valence-electron chi connectivity index (χ4n) is 3.09. The Balaban J connectivity index is 1.89. The van der Waals surface area contributed by atoms with Crippen molar-refractivity contribution in [2.45, 2.75) is 31.7 Å². The second-order valence-electron chi connectivity index (χ2n) is 5.64. The summed E-state index contributed by atoms with van der Waals surface area (Å²) in [5.41, 5.74) is 7.73. The van der Waals surface area contributed by atoms with Crippen LogP contribution in [0.15, 0.2) is 18.2 Å². The van der Waals surface area contributed by atoms with Crippen molar-refractivity contribution in [1.29, 1.82) is 0 Å². The van der Waals surface area contributed by atoms with Crippen molar-refractivity contribution in [3.05, 3.63) is 24.0 Å². The monoisotopic (exact) mass is 245 g/mol. The van der Waals surface area contributed by atoms with Gasteiger partial charge in [0.25, 0.3) is 0 Å². The molecule has 1 heterocycles. The molecule has 1 aromatic carbocycles. The zero-order valence-corrected chi connectivity index (χ0v) is 10.1. The molecule has 2 N–H and O–H groups in total. The summed E-state index contributed by atoms with van der Waals surface area (Å²) in [6.45, 7) is 0. The molecule has 0 atom stereocenters. The van der Waals surface area contributed by atoms with E-state index in [9.17, 15) is 4.39 Å². The lowest BCUT2D eigenvalue weighted by Crippen LogP contribution is -2.15. The number of rotatable bonds is 3. The van der Waals surface area contributed by atoms with Gasteiger partial charge in [-0.25, -0.2) is 9.37 Å². The largest absolute Gasteiger partial charge is 0.369 e. The Hall–Kier alpha value is -1.58. The lowest BCUT2D eigenvalue weighted by atomic mass is 10.1. The third-order valence-corrected chi connectivity index (χ3v) is 4.19. The van der Waals surface area contributed by atoms with E-state index >= 15 is 0 Å². The quantitative estimate of drug-likeness (QED) is 0.902. The Labute approximate surface area is 105 Å². The molecule has 2 aliphatic rings. The lowest BCUT2D eigenvalue weighted by Gasteiger charge is -2.19. The van der Waals surface area contributed by atoms with Gasteiger partial charge in [-0.3, -0.25) is 0 Å². The first-order chi connectivity index (χ1) is 8.74. The summed E-state index contributed by atoms with van der Waals surface area (Å²) in [5, 5.41) is 0. The van der Waals surface area contributed by atoms with Crippen molar-refractivity contribution in [2.75, 3.05) is 5.73 Å². The predicted octanol–water partition coefficient (Wildman–Crippen LogP) is 3.12. The summed E-state index contributed by atoms with van der Waals surface area (Å²) in [6, 6.07) is 5.27. The number of fused-ring (bicyclic) bond motifs is 1. The van der Waals surface area contributed by atoms with Gasteiger partial charge in [0.2, 0.25) is 5.95 Å². The molecular weight excluding hydrogens is 229 g/mol. The third kappa shape index (κ3) is 1.51. The molecule has 2 aromatic rings. The summed E-state index contributed by atoms with van der Waals surface area (Å²) >= 11 is 0. The average Bonchev–Trinajstić information content (AvgIpc) is 3.21. The minimum atomic E-state index is -0.249. The number of hydrogen-bond donors (Lipinski definition) is 1. The smallest absolute Gasteiger partial charge is 0.201 e. The summed E-state index contributed by atoms with van der Waals surface area (Å²) in [5.74, 6) is 1.80. The van der Waals surface area contributed by atoms with Crippen LogP contribution < -0.4 is 5.73 Å². The number of hydrogen-bond acceptors (Lipinski definition) is 2. The van der Waals surface area contributed by atoms with E-state index in [4.69, 9.17) is 5.73 Å². The van der Waals surface area contributed by atoms with E-state index in [1.807, 2.05) is 6.07 Å². The molecule has 0 radical (unpaired) electrons. The number of aromatic nitrogens is 2. The molecule has 1 aromatic heterocycles. The minimum absolute atomic E-state index is 0.249. The first-order valence-electron chi connectivity index (χ1n) is 6.67. The molecule has 2 saturated carbocycles. The molecule has 4 heteroatoms. The van der Waals surface area contributed by atoms with Crippen LogP contribution in [0.2, 0.25) is 0 Å². The van der Waals surface area contributed by atoms with Gasteiger partial charge >= 0.3 is 0 Å². The van der Waals surface area contributed by atoms with Crippen LogP contribution in [-0.2, 0) is 0 Å². The Morgan fingerprint density at radius 1 is 1.22 bits per heavy atom. The number of nitrogens with zero attached hydrogens (tertiary/aromatic N) is 2. The van der Waals surface area contributed by atoms with Gasteiger partial charge in [-0.15, -0.1) is 0 Å². The zero-order valence-electron chi connectivity index (χ0n) is 10.1. The van der Waals surface area contributed by atoms with Crippen LogP contribution in [0.5, 0.6) is 0 Å². The number of benzene rings is 1. The van der Waals surface area contributed by atoms with E-state index in [2.05, 4.69) is 9.55 Å². The molecule has 0 saturated heterocycles. The second kappa shape index (κ2) is 3.46. The summed E-state index contributed by atoms with van der Waals surface area (Å²) in [6.07, 6.45) is 5.17. The maximum atomic E-state index is 13.2. The minimum Gasteiger partial charge on any atom is -0.369 e. The maximum absolute atomic E-state index is 13.2.